The van der Waals surface area contributed by atoms with Gasteiger partial charge in [-0.15, -0.1) is 10.2 Å². The van der Waals surface area contributed by atoms with E-state index in [1.807, 2.05) is 97.1 Å². The van der Waals surface area contributed by atoms with Crippen molar-refractivity contribution in [2.24, 2.45) is 5.92 Å². The fraction of sp³-hybridized carbons (Fsp3) is 0.114. The first kappa shape index (κ1) is 36.4. The van der Waals surface area contributed by atoms with Crippen molar-refractivity contribution in [3.8, 4) is 74.0 Å². The lowest BCUT2D eigenvalue weighted by Gasteiger charge is -2.14. The Hall–Kier alpha value is -7.59. The van der Waals surface area contributed by atoms with E-state index in [4.69, 9.17) is 14.7 Å². The third-order valence-electron chi connectivity index (χ3n) is 9.25. The molecule has 1 fully saturated rings. The van der Waals surface area contributed by atoms with Crippen LogP contribution < -0.4 is 9.47 Å². The molecule has 0 spiro atoms. The van der Waals surface area contributed by atoms with E-state index >= 15 is 0 Å². The van der Waals surface area contributed by atoms with Crippen LogP contribution in [0.15, 0.2) is 146 Å². The van der Waals surface area contributed by atoms with Gasteiger partial charge in [0.1, 0.15) is 40.6 Å². The van der Waals surface area contributed by atoms with Crippen LogP contribution in [-0.2, 0) is 0 Å². The molecule has 1 aliphatic carbocycles. The summed E-state index contributed by atoms with van der Waals surface area (Å²) in [6, 6.07) is 45.4. The zero-order valence-corrected chi connectivity index (χ0v) is 30.4. The lowest BCUT2D eigenvalue weighted by molar-refractivity contribution is 0.301. The summed E-state index contributed by atoms with van der Waals surface area (Å²) in [5, 5.41) is 32.7. The summed E-state index contributed by atoms with van der Waals surface area (Å²) in [5.41, 5.74) is 5.58. The highest BCUT2D eigenvalue weighted by Gasteiger charge is 2.24. The molecule has 6 aromatic carbocycles. The maximum atomic E-state index is 14.4. The quantitative estimate of drug-likeness (QED) is 0.127. The van der Waals surface area contributed by atoms with Crippen LogP contribution in [0.25, 0.3) is 56.4 Å². The molecule has 0 saturated heterocycles. The Balaban J connectivity index is 0.000000160. The van der Waals surface area contributed by atoms with Gasteiger partial charge in [0.25, 0.3) is 0 Å². The molecule has 11 nitrogen and oxygen atoms in total. The molecule has 0 unspecified atom stereocenters. The number of halogens is 2. The number of hydrogen-bond acceptors (Lipinski definition) is 9. The number of rotatable bonds is 11. The number of hydrogen-bond donors (Lipinski definition) is 0. The first-order valence-electron chi connectivity index (χ1n) is 18.2. The number of para-hydroxylation sites is 4. The number of nitriles is 1. The van der Waals surface area contributed by atoms with Crippen molar-refractivity contribution < 1.29 is 18.3 Å². The topological polar surface area (TPSA) is 129 Å². The summed E-state index contributed by atoms with van der Waals surface area (Å²) in [5.74, 6) is 2.13. The van der Waals surface area contributed by atoms with E-state index in [2.05, 4.69) is 31.1 Å². The van der Waals surface area contributed by atoms with Gasteiger partial charge in [-0.2, -0.15) is 14.6 Å². The van der Waals surface area contributed by atoms with Crippen LogP contribution in [0, 0.1) is 28.9 Å². The molecule has 2 heterocycles. The molecule has 1 aliphatic rings. The fourth-order valence-corrected chi connectivity index (χ4v) is 6.34. The van der Waals surface area contributed by atoms with Crippen molar-refractivity contribution in [2.45, 2.75) is 12.8 Å². The minimum atomic E-state index is -0.425. The summed E-state index contributed by atoms with van der Waals surface area (Å²) in [4.78, 5) is 0. The third-order valence-corrected chi connectivity index (χ3v) is 9.25. The second-order valence-electron chi connectivity index (χ2n) is 13.0. The van der Waals surface area contributed by atoms with E-state index in [0.29, 0.717) is 34.6 Å². The van der Waals surface area contributed by atoms with Crippen LogP contribution >= 0.6 is 0 Å². The fourth-order valence-electron chi connectivity index (χ4n) is 6.34. The number of nitrogens with zero attached hydrogens (tertiary/aromatic N) is 9. The van der Waals surface area contributed by atoms with Gasteiger partial charge in [-0.1, -0.05) is 109 Å². The molecule has 280 valence electrons. The summed E-state index contributed by atoms with van der Waals surface area (Å²) in [7, 11) is 0. The maximum absolute atomic E-state index is 14.4. The predicted octanol–water partition coefficient (Wildman–Crippen LogP) is 8.96. The van der Waals surface area contributed by atoms with Gasteiger partial charge in [-0.3, -0.25) is 0 Å². The van der Waals surface area contributed by atoms with E-state index in [-0.39, 0.29) is 18.1 Å². The van der Waals surface area contributed by atoms with Crippen molar-refractivity contribution in [3.05, 3.63) is 157 Å². The lowest BCUT2D eigenvalue weighted by atomic mass is 9.98. The zero-order chi connectivity index (χ0) is 39.0. The molecule has 2 aromatic heterocycles. The van der Waals surface area contributed by atoms with Crippen LogP contribution in [-0.4, -0.2) is 53.6 Å². The molecule has 0 atom stereocenters. The van der Waals surface area contributed by atoms with Gasteiger partial charge in [0.15, 0.2) is 18.3 Å². The average Bonchev–Trinajstić information content (AvgIpc) is 3.74. The zero-order valence-electron chi connectivity index (χ0n) is 30.4. The molecule has 8 aromatic rings. The van der Waals surface area contributed by atoms with Gasteiger partial charge < -0.3 is 9.47 Å². The van der Waals surface area contributed by atoms with E-state index < -0.39 is 5.82 Å². The smallest absolute Gasteiger partial charge is 0.187 e. The molecule has 13 heteroatoms. The molecule has 0 radical (unpaired) electrons. The van der Waals surface area contributed by atoms with E-state index in [9.17, 15) is 8.78 Å². The van der Waals surface area contributed by atoms with E-state index in [1.54, 1.807) is 42.5 Å². The van der Waals surface area contributed by atoms with Gasteiger partial charge in [-0.25, -0.2) is 8.78 Å². The van der Waals surface area contributed by atoms with Gasteiger partial charge in [0.05, 0.1) is 6.61 Å². The second-order valence-corrected chi connectivity index (χ2v) is 13.0. The lowest BCUT2D eigenvalue weighted by Crippen LogP contribution is -2.04. The van der Waals surface area contributed by atoms with Crippen LogP contribution in [0.4, 0.5) is 8.78 Å². The molecule has 0 amide bonds. The molecule has 57 heavy (non-hydrogen) atoms. The van der Waals surface area contributed by atoms with Crippen molar-refractivity contribution in [3.63, 3.8) is 0 Å². The first-order valence-corrected chi connectivity index (χ1v) is 18.2. The summed E-state index contributed by atoms with van der Waals surface area (Å²) >= 11 is 0. The van der Waals surface area contributed by atoms with Crippen molar-refractivity contribution in [1.82, 2.24) is 40.4 Å². The Kier molecular flexibility index (Phi) is 10.7. The van der Waals surface area contributed by atoms with Gasteiger partial charge >= 0.3 is 0 Å². The van der Waals surface area contributed by atoms with Gasteiger partial charge in [-0.05, 0) is 87.1 Å². The monoisotopic (exact) mass is 757 g/mol. The number of tetrazole rings is 2. The standard InChI is InChI=1S/C23H19FN4O.C21H14FN5O/c24-20-10-4-5-11-21(20)28-23(25-26-27-28)19-9-2-1-7-17(19)18-8-3-6-12-22(18)29-15-16-13-14-16;22-18-10-4-5-11-19(18)27-21(24-25-26-27)17-9-2-1-7-15(17)16-8-3-6-12-20(16)28-14-13-23/h1-12,16H,13-15H2;1-12H,14H2. The summed E-state index contributed by atoms with van der Waals surface area (Å²) in [6.45, 7) is 0.665. The highest BCUT2D eigenvalue weighted by molar-refractivity contribution is 5.85. The molecule has 0 N–H and O–H groups in total. The number of ether oxygens (including phenoxy) is 2. The largest absolute Gasteiger partial charge is 0.493 e. The minimum absolute atomic E-state index is 0.0633. The Morgan fingerprint density at radius 3 is 1.39 bits per heavy atom. The SMILES string of the molecule is Fc1ccccc1-n1nnnc1-c1ccccc1-c1ccccc1OCC1CC1.N#CCOc1ccccc1-c1ccccc1-c1nnnn1-c1ccccc1F. The minimum Gasteiger partial charge on any atom is -0.493 e. The molecular weight excluding hydrogens is 725 g/mol. The van der Waals surface area contributed by atoms with Crippen LogP contribution in [0.1, 0.15) is 12.8 Å². The molecule has 0 aliphatic heterocycles. The highest BCUT2D eigenvalue weighted by atomic mass is 19.1. The Morgan fingerprint density at radius 1 is 0.526 bits per heavy atom. The van der Waals surface area contributed by atoms with E-state index in [1.165, 1.54) is 34.3 Å². The van der Waals surface area contributed by atoms with Crippen LogP contribution in [0.2, 0.25) is 0 Å². The van der Waals surface area contributed by atoms with Crippen molar-refractivity contribution in [2.75, 3.05) is 13.2 Å². The van der Waals surface area contributed by atoms with Gasteiger partial charge in [0, 0.05) is 22.3 Å². The first-order chi connectivity index (χ1) is 28.1. The predicted molar refractivity (Wildman–Crippen MR) is 209 cm³/mol. The van der Waals surface area contributed by atoms with Crippen LogP contribution in [0.5, 0.6) is 11.5 Å². The normalized spacial score (nSPS) is 11.9. The molecule has 1 saturated carbocycles. The highest BCUT2D eigenvalue weighted by Crippen LogP contribution is 2.39. The second kappa shape index (κ2) is 16.8. The Labute approximate surface area is 326 Å². The van der Waals surface area contributed by atoms with Crippen molar-refractivity contribution in [1.29, 1.82) is 5.26 Å². The third kappa shape index (κ3) is 7.97. The Bertz CT molecular complexity index is 2690. The van der Waals surface area contributed by atoms with Gasteiger partial charge in [0.2, 0.25) is 0 Å². The average molecular weight is 758 g/mol. The maximum Gasteiger partial charge on any atom is 0.187 e. The molecular formula is C44H33F2N9O2. The Morgan fingerprint density at radius 2 is 0.930 bits per heavy atom. The summed E-state index contributed by atoms with van der Waals surface area (Å²) in [6.07, 6.45) is 2.46. The number of benzene rings is 6. The number of aromatic nitrogens is 8. The summed E-state index contributed by atoms with van der Waals surface area (Å²) < 4.78 is 43.2. The van der Waals surface area contributed by atoms with Crippen molar-refractivity contribution >= 4 is 0 Å². The van der Waals surface area contributed by atoms with E-state index in [0.717, 1.165) is 40.2 Å². The molecule has 9 rings (SSSR count). The van der Waals surface area contributed by atoms with Crippen LogP contribution in [0.3, 0.4) is 0 Å². The molecule has 0 bridgehead atoms.